The predicted octanol–water partition coefficient (Wildman–Crippen LogP) is 2.05. The fourth-order valence-electron chi connectivity index (χ4n) is 2.32. The third kappa shape index (κ3) is 11.6. The molecule has 0 aliphatic carbocycles. The monoisotopic (exact) mass is 418 g/mol. The van der Waals surface area contributed by atoms with Crippen molar-refractivity contribution in [2.45, 2.75) is 32.6 Å². The van der Waals surface area contributed by atoms with Gasteiger partial charge in [-0.2, -0.15) is 16.8 Å². The summed E-state index contributed by atoms with van der Waals surface area (Å²) in [5.74, 6) is -0.623. The summed E-state index contributed by atoms with van der Waals surface area (Å²) >= 11 is 0. The van der Waals surface area contributed by atoms with Gasteiger partial charge in [-0.3, -0.25) is 19.1 Å². The quantitative estimate of drug-likeness (QED) is 0.303. The minimum atomic E-state index is -3.96. The Morgan fingerprint density at radius 1 is 1.00 bits per heavy atom. The summed E-state index contributed by atoms with van der Waals surface area (Å²) in [6.45, 7) is 2.58. The summed E-state index contributed by atoms with van der Waals surface area (Å²) in [5.41, 5.74) is 2.81. The molecule has 27 heavy (non-hydrogen) atoms. The molecule has 0 heterocycles. The highest BCUT2D eigenvalue weighted by atomic mass is 32.2. The second kappa shape index (κ2) is 11.3. The van der Waals surface area contributed by atoms with Crippen molar-refractivity contribution >= 4 is 32.2 Å². The van der Waals surface area contributed by atoms with Crippen LogP contribution in [-0.4, -0.2) is 62.5 Å². The van der Waals surface area contributed by atoms with Gasteiger partial charge in [0.05, 0.1) is 11.5 Å². The number of rotatable bonds is 12. The van der Waals surface area contributed by atoms with Gasteiger partial charge in [0.2, 0.25) is 0 Å². The first-order valence-corrected chi connectivity index (χ1v) is 11.8. The van der Waals surface area contributed by atoms with Crippen molar-refractivity contribution in [2.75, 3.05) is 24.6 Å². The highest BCUT2D eigenvalue weighted by Gasteiger charge is 2.06. The van der Waals surface area contributed by atoms with Crippen LogP contribution in [0.1, 0.15) is 37.3 Å². The largest absolute Gasteiger partial charge is 0.294 e. The highest BCUT2D eigenvalue weighted by molar-refractivity contribution is 7.86. The lowest BCUT2D eigenvalue weighted by Crippen LogP contribution is -2.08. The average Bonchev–Trinajstić information content (AvgIpc) is 2.56. The maximum Gasteiger partial charge on any atom is 0.264 e. The minimum Gasteiger partial charge on any atom is -0.294 e. The van der Waals surface area contributed by atoms with Crippen LogP contribution in [0.5, 0.6) is 0 Å². The van der Waals surface area contributed by atoms with Gasteiger partial charge in [-0.1, -0.05) is 31.2 Å². The topological polar surface area (TPSA) is 133 Å². The van der Waals surface area contributed by atoms with E-state index in [-0.39, 0.29) is 24.3 Å². The maximum atomic E-state index is 10.7. The van der Waals surface area contributed by atoms with E-state index >= 15 is 0 Å². The van der Waals surface area contributed by atoms with E-state index in [1.54, 1.807) is 6.21 Å². The van der Waals surface area contributed by atoms with Gasteiger partial charge in [0, 0.05) is 31.4 Å². The number of nitrogens with zero attached hydrogens (tertiary/aromatic N) is 2. The molecule has 0 unspecified atom stereocenters. The SMILES string of the molecule is CCC(Cc1ccccc1C=NCCCS(=O)(=O)O)=NCCCS(=O)(=O)O. The molecule has 8 nitrogen and oxygen atoms in total. The molecule has 0 atom stereocenters. The fraction of sp³-hybridized carbons (Fsp3) is 0.529. The lowest BCUT2D eigenvalue weighted by atomic mass is 10.0. The first-order valence-electron chi connectivity index (χ1n) is 8.61. The molecule has 0 amide bonds. The van der Waals surface area contributed by atoms with Gasteiger partial charge in [-0.15, -0.1) is 0 Å². The molecule has 2 N–H and O–H groups in total. The average molecular weight is 419 g/mol. The summed E-state index contributed by atoms with van der Waals surface area (Å²) in [7, 11) is -7.92. The van der Waals surface area contributed by atoms with Gasteiger partial charge < -0.3 is 0 Å². The van der Waals surface area contributed by atoms with E-state index in [4.69, 9.17) is 9.11 Å². The van der Waals surface area contributed by atoms with Crippen LogP contribution < -0.4 is 0 Å². The summed E-state index contributed by atoms with van der Waals surface area (Å²) in [4.78, 5) is 8.63. The molecule has 0 aliphatic rings. The third-order valence-corrected chi connectivity index (χ3v) is 5.28. The second-order valence-corrected chi connectivity index (χ2v) is 9.14. The number of aliphatic imine (C=N–C) groups is 2. The Morgan fingerprint density at radius 3 is 2.19 bits per heavy atom. The number of hydrogen-bond donors (Lipinski definition) is 2. The zero-order valence-electron chi connectivity index (χ0n) is 15.3. The molecule has 0 aromatic heterocycles. The Labute approximate surface area is 160 Å². The molecule has 0 saturated carbocycles. The normalized spacial score (nSPS) is 13.4. The predicted molar refractivity (Wildman–Crippen MR) is 107 cm³/mol. The van der Waals surface area contributed by atoms with Crippen LogP contribution in [0.15, 0.2) is 34.3 Å². The lowest BCUT2D eigenvalue weighted by Gasteiger charge is -2.08. The van der Waals surface area contributed by atoms with Gasteiger partial charge in [-0.25, -0.2) is 0 Å². The van der Waals surface area contributed by atoms with E-state index in [0.717, 1.165) is 16.8 Å². The van der Waals surface area contributed by atoms with E-state index in [1.165, 1.54) is 0 Å². The van der Waals surface area contributed by atoms with Gasteiger partial charge >= 0.3 is 0 Å². The summed E-state index contributed by atoms with van der Waals surface area (Å²) in [6.07, 6.45) is 3.48. The molecule has 0 bridgehead atoms. The van der Waals surface area contributed by atoms with Crippen LogP contribution in [0.4, 0.5) is 0 Å². The molecule has 0 radical (unpaired) electrons. The molecule has 1 aromatic carbocycles. The maximum absolute atomic E-state index is 10.7. The zero-order chi connectivity index (χ0) is 20.3. The Bertz CT molecular complexity index is 861. The van der Waals surface area contributed by atoms with Crippen molar-refractivity contribution in [2.24, 2.45) is 9.98 Å². The highest BCUT2D eigenvalue weighted by Crippen LogP contribution is 2.10. The molecule has 0 fully saturated rings. The third-order valence-electron chi connectivity index (χ3n) is 3.67. The standard InChI is InChI=1S/C17H26N2O6S2/c1-2-17(19-10-6-12-27(23,24)25)13-15-7-3-4-8-16(15)14-18-9-5-11-26(20,21)22/h3-4,7-8,14H,2,5-6,9-13H2,1H3,(H,20,21,22)(H,23,24,25). The van der Waals surface area contributed by atoms with E-state index in [9.17, 15) is 16.8 Å². The molecule has 0 spiro atoms. The van der Waals surface area contributed by atoms with Crippen LogP contribution in [0.25, 0.3) is 0 Å². The Morgan fingerprint density at radius 2 is 1.59 bits per heavy atom. The van der Waals surface area contributed by atoms with Crippen LogP contribution in [0.3, 0.4) is 0 Å². The first-order chi connectivity index (χ1) is 12.6. The van der Waals surface area contributed by atoms with Gasteiger partial charge in [0.1, 0.15) is 0 Å². The smallest absolute Gasteiger partial charge is 0.264 e. The Balaban J connectivity index is 2.68. The van der Waals surface area contributed by atoms with Crippen molar-refractivity contribution in [3.63, 3.8) is 0 Å². The van der Waals surface area contributed by atoms with Gasteiger partial charge in [0.15, 0.2) is 0 Å². The Kier molecular flexibility index (Phi) is 9.78. The molecular weight excluding hydrogens is 392 g/mol. The lowest BCUT2D eigenvalue weighted by molar-refractivity contribution is 0.479. The van der Waals surface area contributed by atoms with Crippen molar-refractivity contribution in [1.82, 2.24) is 0 Å². The van der Waals surface area contributed by atoms with Gasteiger partial charge in [0.25, 0.3) is 20.2 Å². The fourth-order valence-corrected chi connectivity index (χ4v) is 3.31. The van der Waals surface area contributed by atoms with Crippen molar-refractivity contribution in [1.29, 1.82) is 0 Å². The van der Waals surface area contributed by atoms with E-state index < -0.39 is 20.2 Å². The summed E-state index contributed by atoms with van der Waals surface area (Å²) < 4.78 is 60.3. The molecule has 152 valence electrons. The second-order valence-electron chi connectivity index (χ2n) is 5.99. The minimum absolute atomic E-state index is 0.243. The van der Waals surface area contributed by atoms with Crippen LogP contribution in [0, 0.1) is 0 Å². The first kappa shape index (κ1) is 23.4. The van der Waals surface area contributed by atoms with Crippen LogP contribution >= 0.6 is 0 Å². The van der Waals surface area contributed by atoms with Crippen LogP contribution in [0.2, 0.25) is 0 Å². The molecule has 1 aromatic rings. The van der Waals surface area contributed by atoms with E-state index in [1.807, 2.05) is 31.2 Å². The summed E-state index contributed by atoms with van der Waals surface area (Å²) in [6, 6.07) is 7.62. The van der Waals surface area contributed by atoms with Crippen molar-refractivity contribution < 1.29 is 25.9 Å². The molecule has 0 saturated heterocycles. The number of benzene rings is 1. The zero-order valence-corrected chi connectivity index (χ0v) is 16.9. The van der Waals surface area contributed by atoms with Crippen molar-refractivity contribution in [3.8, 4) is 0 Å². The molecule has 1 rings (SSSR count). The van der Waals surface area contributed by atoms with E-state index in [0.29, 0.717) is 25.9 Å². The molecule has 10 heteroatoms. The van der Waals surface area contributed by atoms with Crippen LogP contribution in [-0.2, 0) is 26.7 Å². The molecular formula is C17H26N2O6S2. The van der Waals surface area contributed by atoms with Crippen molar-refractivity contribution in [3.05, 3.63) is 35.4 Å². The van der Waals surface area contributed by atoms with Gasteiger partial charge in [-0.05, 0) is 30.4 Å². The Hall–Kier alpha value is -1.62. The molecule has 0 aliphatic heterocycles. The van der Waals surface area contributed by atoms with E-state index in [2.05, 4.69) is 9.98 Å². The number of hydrogen-bond acceptors (Lipinski definition) is 6. The summed E-state index contributed by atoms with van der Waals surface area (Å²) in [5, 5.41) is 0.